The Balaban J connectivity index is 0. The lowest BCUT2D eigenvalue weighted by molar-refractivity contribution is -0.953. The SMILES string of the molecule is C=CC[N+](CC)(CC)NC(=O)C(F)(F)C(F)(F)C(F)(F)C(F)(F)C(F)(F)C(F)(F)C(F)(F)F.[I-]. The van der Waals surface area contributed by atoms with E-state index in [1.54, 1.807) is 0 Å². The third kappa shape index (κ3) is 5.04. The van der Waals surface area contributed by atoms with E-state index in [0.29, 0.717) is 0 Å². The Hall–Kier alpha value is -1.15. The maximum atomic E-state index is 13.9. The molecule has 0 fully saturated rings. The monoisotopic (exact) mass is 652 g/mol. The molecule has 204 valence electrons. The van der Waals surface area contributed by atoms with Crippen LogP contribution in [0.5, 0.6) is 0 Å². The fourth-order valence-electron chi connectivity index (χ4n) is 2.33. The molecule has 0 radical (unpaired) electrons. The minimum absolute atomic E-state index is 0. The third-order valence-corrected chi connectivity index (χ3v) is 4.64. The lowest BCUT2D eigenvalue weighted by Gasteiger charge is -2.42. The molecule has 0 heterocycles. The van der Waals surface area contributed by atoms with Crippen LogP contribution in [0.3, 0.4) is 0 Å². The van der Waals surface area contributed by atoms with Gasteiger partial charge in [-0.15, -0.1) is 0 Å². The highest BCUT2D eigenvalue weighted by Crippen LogP contribution is 2.62. The molecule has 1 amide bonds. The van der Waals surface area contributed by atoms with Crippen molar-refractivity contribution in [2.75, 3.05) is 19.6 Å². The number of alkyl halides is 15. The van der Waals surface area contributed by atoms with Crippen LogP contribution in [0.4, 0.5) is 65.9 Å². The third-order valence-electron chi connectivity index (χ3n) is 4.64. The highest BCUT2D eigenvalue weighted by molar-refractivity contribution is 5.84. The Morgan fingerprint density at radius 2 is 1.03 bits per heavy atom. The molecule has 0 aliphatic rings. The Labute approximate surface area is 198 Å². The molecule has 0 spiro atoms. The van der Waals surface area contributed by atoms with Crippen molar-refractivity contribution >= 4 is 5.91 Å². The number of nitrogens with one attached hydrogen (secondary N) is 1. The second-order valence-corrected chi connectivity index (χ2v) is 6.63. The molecule has 0 bridgehead atoms. The van der Waals surface area contributed by atoms with Gasteiger partial charge in [0.05, 0.1) is 13.1 Å². The number of likely N-dealkylation sites (N-methyl/N-ethyl adjacent to an activating group) is 1. The van der Waals surface area contributed by atoms with Gasteiger partial charge in [-0.2, -0.15) is 71.3 Å². The lowest BCUT2D eigenvalue weighted by Crippen LogP contribution is -3.00. The number of nitrogens with zero attached hydrogens (tertiary/aromatic N) is 1. The Morgan fingerprint density at radius 1 is 0.706 bits per heavy atom. The summed E-state index contributed by atoms with van der Waals surface area (Å²) in [4.78, 5) is 11.6. The molecular formula is C15H16F15IN2O. The van der Waals surface area contributed by atoms with E-state index in [0.717, 1.165) is 25.3 Å². The van der Waals surface area contributed by atoms with Crippen molar-refractivity contribution in [3.05, 3.63) is 12.7 Å². The summed E-state index contributed by atoms with van der Waals surface area (Å²) in [6.07, 6.45) is -6.76. The van der Waals surface area contributed by atoms with Crippen LogP contribution in [0.15, 0.2) is 12.7 Å². The number of carbonyl (C=O) groups is 1. The zero-order chi connectivity index (χ0) is 27.1. The molecule has 0 unspecified atom stereocenters. The molecule has 0 aromatic rings. The number of halogens is 16. The van der Waals surface area contributed by atoms with Gasteiger partial charge in [0.25, 0.3) is 0 Å². The number of hydrogen-bond acceptors (Lipinski definition) is 1. The number of rotatable bonds is 11. The number of amides is 1. The van der Waals surface area contributed by atoms with Crippen molar-refractivity contribution in [3.63, 3.8) is 0 Å². The molecule has 0 aliphatic heterocycles. The second-order valence-electron chi connectivity index (χ2n) is 6.63. The van der Waals surface area contributed by atoms with Crippen LogP contribution in [-0.2, 0) is 4.79 Å². The van der Waals surface area contributed by atoms with Crippen molar-refractivity contribution in [1.29, 1.82) is 0 Å². The zero-order valence-corrected chi connectivity index (χ0v) is 19.0. The molecule has 19 heteroatoms. The van der Waals surface area contributed by atoms with Crippen LogP contribution >= 0.6 is 0 Å². The first kappa shape index (κ1) is 35.0. The van der Waals surface area contributed by atoms with Crippen molar-refractivity contribution in [1.82, 2.24) is 5.43 Å². The van der Waals surface area contributed by atoms with Gasteiger partial charge in [-0.1, -0.05) is 6.58 Å². The fourth-order valence-corrected chi connectivity index (χ4v) is 2.33. The van der Waals surface area contributed by atoms with Gasteiger partial charge in [0.15, 0.2) is 0 Å². The van der Waals surface area contributed by atoms with E-state index in [1.165, 1.54) is 0 Å². The van der Waals surface area contributed by atoms with Crippen molar-refractivity contribution in [2.24, 2.45) is 0 Å². The van der Waals surface area contributed by atoms with Crippen molar-refractivity contribution < 1.29 is 99.2 Å². The maximum absolute atomic E-state index is 13.9. The minimum Gasteiger partial charge on any atom is -1.00 e. The first-order chi connectivity index (χ1) is 14.3. The van der Waals surface area contributed by atoms with Gasteiger partial charge in [-0.25, -0.2) is 4.59 Å². The summed E-state index contributed by atoms with van der Waals surface area (Å²) in [6, 6.07) is 0. The topological polar surface area (TPSA) is 29.1 Å². The largest absolute Gasteiger partial charge is 1.00 e. The molecular weight excluding hydrogens is 636 g/mol. The highest BCUT2D eigenvalue weighted by Gasteiger charge is 2.94. The van der Waals surface area contributed by atoms with Gasteiger partial charge in [0, 0.05) is 0 Å². The number of hydrogen-bond donors (Lipinski definition) is 1. The van der Waals surface area contributed by atoms with Gasteiger partial charge >= 0.3 is 47.6 Å². The predicted octanol–water partition coefficient (Wildman–Crippen LogP) is 2.44. The first-order valence-corrected chi connectivity index (χ1v) is 8.44. The molecule has 0 aromatic heterocycles. The average molecular weight is 652 g/mol. The first-order valence-electron chi connectivity index (χ1n) is 8.44. The summed E-state index contributed by atoms with van der Waals surface area (Å²) in [5.41, 5.74) is 1.10. The van der Waals surface area contributed by atoms with Gasteiger partial charge < -0.3 is 24.0 Å². The van der Waals surface area contributed by atoms with E-state index < -0.39 is 71.8 Å². The van der Waals surface area contributed by atoms with Crippen LogP contribution in [0.1, 0.15) is 13.8 Å². The van der Waals surface area contributed by atoms with E-state index in [1.807, 2.05) is 0 Å². The molecule has 0 rings (SSSR count). The molecule has 3 nitrogen and oxygen atoms in total. The molecule has 34 heavy (non-hydrogen) atoms. The average Bonchev–Trinajstić information content (AvgIpc) is 2.65. The number of quaternary nitrogens is 1. The highest BCUT2D eigenvalue weighted by atomic mass is 127. The Morgan fingerprint density at radius 3 is 1.32 bits per heavy atom. The molecule has 0 saturated carbocycles. The molecule has 0 atom stereocenters. The summed E-state index contributed by atoms with van der Waals surface area (Å²) in [6.45, 7) is 4.06. The minimum atomic E-state index is -8.44. The molecule has 0 saturated heterocycles. The van der Waals surface area contributed by atoms with E-state index in [2.05, 4.69) is 6.58 Å². The summed E-state index contributed by atoms with van der Waals surface area (Å²) < 4.78 is 196. The summed E-state index contributed by atoms with van der Waals surface area (Å²) in [5, 5.41) is 0. The Kier molecular flexibility index (Phi) is 10.4. The van der Waals surface area contributed by atoms with E-state index in [9.17, 15) is 70.7 Å². The standard InChI is InChI=1S/C15H15F15N2O.HI/c1-4-7-32(5-2,6-3)31-8(33)9(16,17)10(18,19)11(20,21)12(22,23)13(24,25)14(26,27)15(28,29)30;/h4H,1,5-7H2,2-3H3;1H. The smallest absolute Gasteiger partial charge is 0.460 e. The van der Waals surface area contributed by atoms with Crippen LogP contribution in [0.2, 0.25) is 0 Å². The maximum Gasteiger partial charge on any atom is 0.460 e. The van der Waals surface area contributed by atoms with E-state index in [4.69, 9.17) is 0 Å². The van der Waals surface area contributed by atoms with Crippen molar-refractivity contribution in [2.45, 2.75) is 55.6 Å². The number of carbonyl (C=O) groups excluding carboxylic acids is 1. The molecule has 0 aliphatic carbocycles. The van der Waals surface area contributed by atoms with E-state index in [-0.39, 0.29) is 24.0 Å². The normalized spacial score (nSPS) is 15.0. The van der Waals surface area contributed by atoms with Crippen LogP contribution in [-0.4, -0.2) is 71.8 Å². The predicted molar refractivity (Wildman–Crippen MR) is 80.3 cm³/mol. The van der Waals surface area contributed by atoms with Gasteiger partial charge in [-0.3, -0.25) is 4.79 Å². The van der Waals surface area contributed by atoms with Gasteiger partial charge in [0.1, 0.15) is 6.54 Å². The molecule has 1 N–H and O–H groups in total. The summed E-state index contributed by atoms with van der Waals surface area (Å²) >= 11 is 0. The second kappa shape index (κ2) is 10.1. The van der Waals surface area contributed by atoms with Crippen LogP contribution < -0.4 is 29.4 Å². The van der Waals surface area contributed by atoms with Crippen LogP contribution in [0.25, 0.3) is 0 Å². The lowest BCUT2D eigenvalue weighted by atomic mass is 9.91. The fraction of sp³-hybridized carbons (Fsp3) is 0.800. The van der Waals surface area contributed by atoms with Gasteiger partial charge in [-0.05, 0) is 19.9 Å². The summed E-state index contributed by atoms with van der Waals surface area (Å²) in [7, 11) is 0. The summed E-state index contributed by atoms with van der Waals surface area (Å²) in [5.74, 6) is -51.5. The Bertz CT molecular complexity index is 732. The van der Waals surface area contributed by atoms with E-state index >= 15 is 0 Å². The van der Waals surface area contributed by atoms with Gasteiger partial charge in [0.2, 0.25) is 0 Å². The molecule has 0 aromatic carbocycles. The van der Waals surface area contributed by atoms with Crippen molar-refractivity contribution in [3.8, 4) is 0 Å². The zero-order valence-electron chi connectivity index (χ0n) is 16.8. The van der Waals surface area contributed by atoms with Crippen LogP contribution in [0, 0.1) is 0 Å². The quantitative estimate of drug-likeness (QED) is 0.120.